The van der Waals surface area contributed by atoms with E-state index < -0.39 is 0 Å². The Labute approximate surface area is 204 Å². The van der Waals surface area contributed by atoms with E-state index in [1.807, 2.05) is 90.7 Å². The highest BCUT2D eigenvalue weighted by atomic mass is 16.5. The second kappa shape index (κ2) is 10.0. The summed E-state index contributed by atoms with van der Waals surface area (Å²) >= 11 is 0. The van der Waals surface area contributed by atoms with Crippen LogP contribution in [-0.2, 0) is 11.3 Å². The maximum absolute atomic E-state index is 13.5. The van der Waals surface area contributed by atoms with E-state index in [4.69, 9.17) is 9.72 Å². The molecule has 7 heteroatoms. The van der Waals surface area contributed by atoms with Gasteiger partial charge in [0.05, 0.1) is 17.6 Å². The molecule has 0 atom stereocenters. The topological polar surface area (TPSA) is 67.7 Å². The molecule has 2 heterocycles. The highest BCUT2D eigenvalue weighted by Gasteiger charge is 2.25. The number of anilines is 1. The Balaban J connectivity index is 1.31. The summed E-state index contributed by atoms with van der Waals surface area (Å²) in [6, 6.07) is 25.3. The molecule has 0 unspecified atom stereocenters. The summed E-state index contributed by atoms with van der Waals surface area (Å²) < 4.78 is 7.47. The van der Waals surface area contributed by atoms with Crippen LogP contribution in [0, 0.1) is 6.92 Å². The zero-order valence-electron chi connectivity index (χ0n) is 19.8. The Bertz CT molecular complexity index is 1390. The molecule has 1 fully saturated rings. The van der Waals surface area contributed by atoms with Gasteiger partial charge >= 0.3 is 0 Å². The van der Waals surface area contributed by atoms with E-state index in [1.54, 1.807) is 9.47 Å². The number of benzene rings is 3. The van der Waals surface area contributed by atoms with Crippen LogP contribution in [0.2, 0.25) is 0 Å². The number of fused-ring (bicyclic) bond motifs is 1. The maximum Gasteiger partial charge on any atom is 0.294 e. The summed E-state index contributed by atoms with van der Waals surface area (Å²) in [4.78, 5) is 34.7. The molecule has 0 bridgehead atoms. The van der Waals surface area contributed by atoms with E-state index in [0.717, 1.165) is 22.2 Å². The molecule has 178 valence electrons. The molecule has 4 aromatic rings. The van der Waals surface area contributed by atoms with Gasteiger partial charge in [0.25, 0.3) is 11.5 Å². The fourth-order valence-corrected chi connectivity index (χ4v) is 4.42. The van der Waals surface area contributed by atoms with Gasteiger partial charge in [-0.25, -0.2) is 4.98 Å². The number of nitrogens with zero attached hydrogens (tertiary/aromatic N) is 4. The Morgan fingerprint density at radius 1 is 0.914 bits per heavy atom. The fraction of sp³-hybridized carbons (Fsp3) is 0.250. The van der Waals surface area contributed by atoms with Gasteiger partial charge in [-0.1, -0.05) is 54.6 Å². The number of carbonyl (C=O) groups is 1. The lowest BCUT2D eigenvalue weighted by atomic mass is 10.2. The van der Waals surface area contributed by atoms with Crippen LogP contribution < -0.4 is 15.2 Å². The molecule has 1 aliphatic rings. The number of aryl methyl sites for hydroxylation is 1. The quantitative estimate of drug-likeness (QED) is 0.434. The summed E-state index contributed by atoms with van der Waals surface area (Å²) in [7, 11) is 0. The molecule has 1 saturated heterocycles. The van der Waals surface area contributed by atoms with Crippen LogP contribution in [-0.4, -0.2) is 53.1 Å². The van der Waals surface area contributed by atoms with Crippen LogP contribution in [0.15, 0.2) is 83.7 Å². The van der Waals surface area contributed by atoms with Gasteiger partial charge in [0.2, 0.25) is 0 Å². The highest BCUT2D eigenvalue weighted by molar-refractivity contribution is 5.78. The first-order chi connectivity index (χ1) is 17.1. The van der Waals surface area contributed by atoms with E-state index >= 15 is 0 Å². The Morgan fingerprint density at radius 3 is 2.43 bits per heavy atom. The summed E-state index contributed by atoms with van der Waals surface area (Å²) in [6.45, 7) is 4.59. The largest absolute Gasteiger partial charge is 0.484 e. The monoisotopic (exact) mass is 468 g/mol. The molecule has 35 heavy (non-hydrogen) atoms. The molecular formula is C28H28N4O3. The number of rotatable bonds is 6. The average Bonchev–Trinajstić information content (AvgIpc) is 2.89. The zero-order valence-corrected chi connectivity index (χ0v) is 19.8. The number of hydrogen-bond acceptors (Lipinski definition) is 5. The third-order valence-corrected chi connectivity index (χ3v) is 6.30. The summed E-state index contributed by atoms with van der Waals surface area (Å²) in [5, 5.41) is 0. The molecule has 1 aliphatic heterocycles. The normalized spacial score (nSPS) is 13.7. The summed E-state index contributed by atoms with van der Waals surface area (Å²) in [6.07, 6.45) is 0. The fourth-order valence-electron chi connectivity index (χ4n) is 4.42. The lowest BCUT2D eigenvalue weighted by molar-refractivity contribution is -0.133. The number of carbonyl (C=O) groups excluding carboxylic acids is 1. The maximum atomic E-state index is 13.5. The molecule has 1 amide bonds. The second-order valence-electron chi connectivity index (χ2n) is 8.77. The number of piperazine rings is 1. The van der Waals surface area contributed by atoms with Crippen LogP contribution >= 0.6 is 0 Å². The molecule has 0 aliphatic carbocycles. The minimum atomic E-state index is -0.116. The predicted octanol–water partition coefficient (Wildman–Crippen LogP) is 3.48. The highest BCUT2D eigenvalue weighted by Crippen LogP contribution is 2.18. The van der Waals surface area contributed by atoms with Crippen molar-refractivity contribution in [2.24, 2.45) is 0 Å². The van der Waals surface area contributed by atoms with Crippen LogP contribution in [0.3, 0.4) is 0 Å². The Hall–Kier alpha value is -4.13. The molecule has 0 radical (unpaired) electrons. The molecule has 1 aromatic heterocycles. The van der Waals surface area contributed by atoms with Crippen molar-refractivity contribution in [3.8, 4) is 5.75 Å². The molecule has 5 rings (SSSR count). The number of hydrogen-bond donors (Lipinski definition) is 0. The van der Waals surface area contributed by atoms with Gasteiger partial charge in [0.15, 0.2) is 12.4 Å². The molecule has 3 aromatic carbocycles. The first-order valence-electron chi connectivity index (χ1n) is 11.8. The molecule has 0 spiro atoms. The third-order valence-electron chi connectivity index (χ3n) is 6.30. The zero-order chi connectivity index (χ0) is 24.2. The summed E-state index contributed by atoms with van der Waals surface area (Å²) in [5.41, 5.74) is 3.62. The van der Waals surface area contributed by atoms with Gasteiger partial charge in [-0.05, 0) is 42.3 Å². The van der Waals surface area contributed by atoms with Crippen molar-refractivity contribution in [2.75, 3.05) is 37.7 Å². The smallest absolute Gasteiger partial charge is 0.294 e. The van der Waals surface area contributed by atoms with Crippen molar-refractivity contribution in [1.82, 2.24) is 14.5 Å². The van der Waals surface area contributed by atoms with Crippen LogP contribution in [0.25, 0.3) is 11.0 Å². The predicted molar refractivity (Wildman–Crippen MR) is 137 cm³/mol. The minimum absolute atomic E-state index is 0.00155. The van der Waals surface area contributed by atoms with Crippen molar-refractivity contribution in [3.63, 3.8) is 0 Å². The van der Waals surface area contributed by atoms with Crippen molar-refractivity contribution >= 4 is 22.8 Å². The van der Waals surface area contributed by atoms with Crippen LogP contribution in [0.4, 0.5) is 5.82 Å². The van der Waals surface area contributed by atoms with E-state index in [2.05, 4.69) is 0 Å². The molecule has 7 nitrogen and oxygen atoms in total. The standard InChI is InChI=1S/C28H28N4O3/c1-21-8-7-11-23(18-21)35-20-26(33)30-14-16-31(17-15-30)27-28(34)32(19-22-9-3-2-4-10-22)25-13-6-5-12-24(25)29-27/h2-13,18H,14-17,19-20H2,1H3. The number of para-hydroxylation sites is 2. The van der Waals surface area contributed by atoms with Gasteiger partial charge < -0.3 is 14.5 Å². The van der Waals surface area contributed by atoms with Gasteiger partial charge in [-0.15, -0.1) is 0 Å². The van der Waals surface area contributed by atoms with Gasteiger partial charge in [0.1, 0.15) is 5.75 Å². The van der Waals surface area contributed by atoms with Gasteiger partial charge in [0, 0.05) is 26.2 Å². The molecule has 0 N–H and O–H groups in total. The first kappa shape index (κ1) is 22.7. The van der Waals surface area contributed by atoms with Crippen molar-refractivity contribution in [2.45, 2.75) is 13.5 Å². The number of ether oxygens (including phenoxy) is 1. The summed E-state index contributed by atoms with van der Waals surface area (Å²) in [5.74, 6) is 1.07. The van der Waals surface area contributed by atoms with E-state index in [9.17, 15) is 9.59 Å². The SMILES string of the molecule is Cc1cccc(OCC(=O)N2CCN(c3nc4ccccc4n(Cc4ccccc4)c3=O)CC2)c1. The molecule has 0 saturated carbocycles. The lowest BCUT2D eigenvalue weighted by Crippen LogP contribution is -2.51. The minimum Gasteiger partial charge on any atom is -0.484 e. The lowest BCUT2D eigenvalue weighted by Gasteiger charge is -2.35. The first-order valence-corrected chi connectivity index (χ1v) is 11.8. The van der Waals surface area contributed by atoms with Crippen molar-refractivity contribution in [1.29, 1.82) is 0 Å². The van der Waals surface area contributed by atoms with E-state index in [1.165, 1.54) is 0 Å². The van der Waals surface area contributed by atoms with Crippen LogP contribution in [0.5, 0.6) is 5.75 Å². The Morgan fingerprint density at radius 2 is 1.66 bits per heavy atom. The van der Waals surface area contributed by atoms with E-state index in [0.29, 0.717) is 44.3 Å². The average molecular weight is 469 g/mol. The number of aromatic nitrogens is 2. The van der Waals surface area contributed by atoms with Gasteiger partial charge in [-0.2, -0.15) is 0 Å². The number of amides is 1. The second-order valence-corrected chi connectivity index (χ2v) is 8.77. The van der Waals surface area contributed by atoms with Crippen LogP contribution in [0.1, 0.15) is 11.1 Å². The third kappa shape index (κ3) is 5.04. The van der Waals surface area contributed by atoms with Crippen molar-refractivity contribution < 1.29 is 9.53 Å². The Kier molecular flexibility index (Phi) is 6.48. The van der Waals surface area contributed by atoms with Gasteiger partial charge in [-0.3, -0.25) is 14.2 Å². The van der Waals surface area contributed by atoms with E-state index in [-0.39, 0.29) is 18.1 Å². The molecular weight excluding hydrogens is 440 g/mol. The van der Waals surface area contributed by atoms with Crippen molar-refractivity contribution in [3.05, 3.63) is 100 Å².